The van der Waals surface area contributed by atoms with Crippen LogP contribution in [0.3, 0.4) is 0 Å². The van der Waals surface area contributed by atoms with E-state index in [0.717, 1.165) is 31.2 Å². The topological polar surface area (TPSA) is 58.4 Å². The van der Waals surface area contributed by atoms with Crippen LogP contribution in [-0.2, 0) is 42.5 Å². The lowest BCUT2D eigenvalue weighted by molar-refractivity contribution is -0.137. The SMILES string of the molecule is [2H]c1c([2H])c(C([2H])([2H])Sc2nc(=O)c3c(n2CC(=O)N(Cc2ccc(-c4ccc(C(F)(F)F)cc4)cc2)C([2H])([2H])C([2H])([2H])N(C([2H])([2H])C)C([2H])([2H])C)C([2H])([2H])C([2H])(C)C3([2H])[2H])c([2H])c([2H])c1F. The van der Waals surface area contributed by atoms with E-state index in [1.54, 1.807) is 0 Å². The average Bonchev–Trinajstić information content (AvgIpc) is 3.28. The van der Waals surface area contributed by atoms with Crippen molar-refractivity contribution in [3.05, 3.63) is 117 Å². The molecule has 1 amide bonds. The number of carbonyl (C=O) groups excluding carboxylic acids is 1. The summed E-state index contributed by atoms with van der Waals surface area (Å²) in [5, 5.41) is -1.07. The maximum Gasteiger partial charge on any atom is 0.416 e. The summed E-state index contributed by atoms with van der Waals surface area (Å²) in [4.78, 5) is 32.4. The molecule has 1 heterocycles. The van der Waals surface area contributed by atoms with Crippen molar-refractivity contribution in [1.82, 2.24) is 19.4 Å². The number of thioether (sulfide) groups is 1. The highest BCUT2D eigenvalue weighted by Crippen LogP contribution is 2.32. The van der Waals surface area contributed by atoms with Gasteiger partial charge in [-0.05, 0) is 78.1 Å². The minimum atomic E-state index is -4.64. The van der Waals surface area contributed by atoms with Gasteiger partial charge in [0.25, 0.3) is 5.56 Å². The fraction of sp³-hybridized carbons (Fsp3) is 0.378. The van der Waals surface area contributed by atoms with Crippen molar-refractivity contribution in [2.75, 3.05) is 26.0 Å². The van der Waals surface area contributed by atoms with Crippen LogP contribution in [0.15, 0.2) is 82.7 Å². The highest BCUT2D eigenvalue weighted by Gasteiger charge is 2.30. The molecule has 5 rings (SSSR count). The van der Waals surface area contributed by atoms with Gasteiger partial charge < -0.3 is 14.4 Å². The van der Waals surface area contributed by atoms with Gasteiger partial charge in [-0.1, -0.05) is 81.0 Å². The lowest BCUT2D eigenvalue weighted by Gasteiger charge is -2.28. The van der Waals surface area contributed by atoms with Gasteiger partial charge in [0.05, 0.1) is 13.8 Å². The average molecular weight is 700 g/mol. The molecule has 3 aromatic carbocycles. The predicted molar refractivity (Wildman–Crippen MR) is 181 cm³/mol. The number of hydrogen-bond donors (Lipinski definition) is 0. The number of fused-ring (bicyclic) bond motifs is 1. The molecule has 1 atom stereocenters. The molecule has 0 saturated heterocycles. The maximum atomic E-state index is 15.0. The second kappa shape index (κ2) is 15.5. The monoisotopic (exact) mass is 699 g/mol. The van der Waals surface area contributed by atoms with Crippen molar-refractivity contribution in [3.8, 4) is 11.1 Å². The third-order valence-electron chi connectivity index (χ3n) is 6.78. The minimum Gasteiger partial charge on any atom is -0.336 e. The Hall–Kier alpha value is -3.96. The third-order valence-corrected chi connectivity index (χ3v) is 7.58. The number of benzene rings is 3. The van der Waals surface area contributed by atoms with Gasteiger partial charge in [-0.15, -0.1) is 0 Å². The summed E-state index contributed by atoms with van der Waals surface area (Å²) < 4.78 is 218. The predicted octanol–water partition coefficient (Wildman–Crippen LogP) is 7.47. The van der Waals surface area contributed by atoms with Gasteiger partial charge in [-0.2, -0.15) is 18.2 Å². The van der Waals surface area contributed by atoms with E-state index in [1.165, 1.54) is 24.3 Å². The van der Waals surface area contributed by atoms with E-state index in [2.05, 4.69) is 4.98 Å². The van der Waals surface area contributed by atoms with Gasteiger partial charge in [0, 0.05) is 54.3 Å². The highest BCUT2D eigenvalue weighted by molar-refractivity contribution is 7.98. The normalized spacial score (nSPS) is 25.3. The summed E-state index contributed by atoms with van der Waals surface area (Å²) >= 11 is -0.260. The summed E-state index contributed by atoms with van der Waals surface area (Å²) in [6.45, 7) is -14.1. The van der Waals surface area contributed by atoms with Crippen molar-refractivity contribution < 1.29 is 48.4 Å². The zero-order valence-corrected chi connectivity index (χ0v) is 26.4. The number of rotatable bonds is 13. The van der Waals surface area contributed by atoms with E-state index < -0.39 is 139 Å². The molecule has 0 spiro atoms. The molecule has 1 aliphatic rings. The Morgan fingerprint density at radius 1 is 1.02 bits per heavy atom. The molecule has 0 radical (unpaired) electrons. The first-order chi connectivity index (χ1) is 30.1. The second-order valence-electron chi connectivity index (χ2n) is 10.0. The first-order valence-corrected chi connectivity index (χ1v) is 14.9. The van der Waals surface area contributed by atoms with Crippen molar-refractivity contribution >= 4 is 17.7 Å². The number of amides is 1. The summed E-state index contributed by atoms with van der Waals surface area (Å²) in [5.74, 6) is -6.22. The van der Waals surface area contributed by atoms with Gasteiger partial charge in [-0.3, -0.25) is 9.59 Å². The van der Waals surface area contributed by atoms with Crippen molar-refractivity contribution in [3.63, 3.8) is 0 Å². The summed E-state index contributed by atoms with van der Waals surface area (Å²) in [6.07, 6.45) is -11.2. The minimum absolute atomic E-state index is 0.0477. The van der Waals surface area contributed by atoms with Crippen molar-refractivity contribution in [2.24, 2.45) is 5.89 Å². The Labute approximate surface area is 309 Å². The van der Waals surface area contributed by atoms with Gasteiger partial charge in [0.1, 0.15) is 12.4 Å². The molecule has 4 aromatic rings. The molecular formula is C37H40F4N4O2S. The van der Waals surface area contributed by atoms with Gasteiger partial charge >= 0.3 is 6.18 Å². The Balaban J connectivity index is 1.76. The third kappa shape index (κ3) is 8.73. The molecule has 48 heavy (non-hydrogen) atoms. The van der Waals surface area contributed by atoms with Crippen LogP contribution in [0.4, 0.5) is 17.6 Å². The number of hydrogen-bond acceptors (Lipinski definition) is 5. The molecule has 0 aliphatic heterocycles. The van der Waals surface area contributed by atoms with Crippen LogP contribution < -0.4 is 5.56 Å². The molecule has 0 saturated carbocycles. The zero-order valence-electron chi connectivity index (χ0n) is 44.6. The van der Waals surface area contributed by atoms with Crippen molar-refractivity contribution in [2.45, 2.75) is 63.6 Å². The fourth-order valence-electron chi connectivity index (χ4n) is 4.43. The Kier molecular flexibility index (Phi) is 5.86. The molecule has 1 unspecified atom stereocenters. The first kappa shape index (κ1) is 18.2. The molecular weight excluding hydrogens is 640 g/mol. The van der Waals surface area contributed by atoms with Gasteiger partial charge in [0.2, 0.25) is 5.91 Å². The van der Waals surface area contributed by atoms with Crippen LogP contribution in [0.5, 0.6) is 0 Å². The van der Waals surface area contributed by atoms with E-state index >= 15 is 0 Å². The second-order valence-corrected chi connectivity index (χ2v) is 10.8. The molecule has 6 nitrogen and oxygen atoms in total. The number of carbonyl (C=O) groups is 1. The van der Waals surface area contributed by atoms with E-state index in [0.29, 0.717) is 24.0 Å². The molecule has 1 aromatic heterocycles. The molecule has 1 aliphatic carbocycles. The maximum absolute atomic E-state index is 15.0. The largest absolute Gasteiger partial charge is 0.416 e. The summed E-state index contributed by atoms with van der Waals surface area (Å²) in [6, 6.07) is 4.04. The van der Waals surface area contributed by atoms with Gasteiger partial charge in [0.15, 0.2) is 5.16 Å². The Morgan fingerprint density at radius 3 is 2.25 bits per heavy atom. The fourth-order valence-corrected chi connectivity index (χ4v) is 5.12. The number of aromatic nitrogens is 2. The summed E-state index contributed by atoms with van der Waals surface area (Å²) in [7, 11) is 0. The standard InChI is InChI=1S/C37H40F4N4O2S/c1-4-43(5-2)18-19-44(22-26-6-10-28(11-7-26)29-12-14-30(15-13-29)37(39,40)41)34(46)23-45-33-21-25(3)20-32(33)35(47)42-36(45)48-24-27-8-16-31(38)17-9-27/h6-17,25H,4-5,18-24H2,1-3H3/i4D2,5D2,8D,9D,16D,17D,18D2,19D2,20D2,21D2,24D2,25D. The van der Waals surface area contributed by atoms with E-state index in [-0.39, 0.29) is 32.7 Å². The molecule has 0 N–H and O–H groups in total. The van der Waals surface area contributed by atoms with Crippen LogP contribution in [0.25, 0.3) is 11.1 Å². The highest BCUT2D eigenvalue weighted by atomic mass is 32.2. The number of nitrogens with zero attached hydrogens (tertiary/aromatic N) is 4. The summed E-state index contributed by atoms with van der Waals surface area (Å²) in [5.41, 5.74) is -8.69. The number of halogens is 4. The van der Waals surface area contributed by atoms with Crippen LogP contribution in [-0.4, -0.2) is 51.2 Å². The first-order valence-electron chi connectivity index (χ1n) is 23.6. The Bertz CT molecular complexity index is 2610. The molecule has 11 heteroatoms. The van der Waals surface area contributed by atoms with E-state index in [4.69, 9.17) is 23.3 Å². The van der Waals surface area contributed by atoms with E-state index in [1.807, 2.05) is 0 Å². The van der Waals surface area contributed by atoms with Crippen LogP contribution in [0.1, 0.15) is 74.8 Å². The molecule has 0 bridgehead atoms. The quantitative estimate of drug-likeness (QED) is 0.0824. The van der Waals surface area contributed by atoms with E-state index in [9.17, 15) is 29.9 Å². The lowest BCUT2D eigenvalue weighted by atomic mass is 10.0. The van der Waals surface area contributed by atoms with Crippen LogP contribution in [0.2, 0.25) is 0 Å². The van der Waals surface area contributed by atoms with Crippen LogP contribution >= 0.6 is 11.8 Å². The Morgan fingerprint density at radius 2 is 1.65 bits per heavy atom. The number of alkyl halides is 3. The van der Waals surface area contributed by atoms with Crippen LogP contribution in [0, 0.1) is 11.7 Å². The van der Waals surface area contributed by atoms with Crippen molar-refractivity contribution in [1.29, 1.82) is 0 Å². The molecule has 0 fully saturated rings. The lowest BCUT2D eigenvalue weighted by Crippen LogP contribution is -2.40. The zero-order chi connectivity index (χ0) is 51.4. The van der Waals surface area contributed by atoms with Gasteiger partial charge in [-0.25, -0.2) is 4.39 Å². The molecule has 254 valence electrons. The smallest absolute Gasteiger partial charge is 0.336 e. The number of likely N-dealkylation sites (N-methyl/N-ethyl adjacent to an activating group) is 1.